The lowest BCUT2D eigenvalue weighted by molar-refractivity contribution is -0.140. The van der Waals surface area contributed by atoms with Crippen molar-refractivity contribution >= 4 is 17.0 Å². The fourth-order valence-electron chi connectivity index (χ4n) is 3.09. The molecule has 3 aromatic rings. The molecule has 0 aliphatic carbocycles. The van der Waals surface area contributed by atoms with Gasteiger partial charge in [-0.1, -0.05) is 26.8 Å². The molecule has 0 bridgehead atoms. The molecular weight excluding hydrogens is 399 g/mol. The Kier molecular flexibility index (Phi) is 5.49. The molecule has 160 valence electrons. The van der Waals surface area contributed by atoms with Gasteiger partial charge >= 0.3 is 12.1 Å². The van der Waals surface area contributed by atoms with Crippen molar-refractivity contribution in [1.29, 1.82) is 0 Å². The van der Waals surface area contributed by atoms with Gasteiger partial charge < -0.3 is 9.84 Å². The van der Waals surface area contributed by atoms with Crippen LogP contribution in [0.15, 0.2) is 30.3 Å². The molecular formula is C21H22F3N3O3. The number of aromatic nitrogens is 3. The van der Waals surface area contributed by atoms with Crippen LogP contribution >= 0.6 is 0 Å². The van der Waals surface area contributed by atoms with Crippen LogP contribution in [0.25, 0.3) is 16.7 Å². The number of esters is 1. The third kappa shape index (κ3) is 4.39. The summed E-state index contributed by atoms with van der Waals surface area (Å²) in [5.41, 5.74) is 0.644. The standard InChI is InChI=1S/C21H22F3N3O3/c1-20(2,3)14-9-12(5-8-18(28)30-4)10-17(19(14)29)27-25-15-7-6-13(21(22,23)24)11-16(15)26-27/h6-7,9-11,29H,5,8H2,1-4H3. The Bertz CT molecular complexity index is 1100. The molecule has 30 heavy (non-hydrogen) atoms. The molecule has 0 amide bonds. The highest BCUT2D eigenvalue weighted by atomic mass is 19.4. The molecule has 9 heteroatoms. The summed E-state index contributed by atoms with van der Waals surface area (Å²) >= 11 is 0. The molecule has 1 aromatic heterocycles. The van der Waals surface area contributed by atoms with Crippen LogP contribution < -0.4 is 0 Å². The van der Waals surface area contributed by atoms with Crippen molar-refractivity contribution in [2.75, 3.05) is 7.11 Å². The van der Waals surface area contributed by atoms with E-state index in [-0.39, 0.29) is 34.9 Å². The molecule has 0 saturated carbocycles. The van der Waals surface area contributed by atoms with Gasteiger partial charge in [-0.2, -0.15) is 13.2 Å². The number of halogens is 3. The van der Waals surface area contributed by atoms with E-state index in [2.05, 4.69) is 14.9 Å². The number of ether oxygens (including phenoxy) is 1. The second kappa shape index (κ2) is 7.62. The number of carbonyl (C=O) groups is 1. The second-order valence-electron chi connectivity index (χ2n) is 8.03. The Labute approximate surface area is 171 Å². The van der Waals surface area contributed by atoms with E-state index in [9.17, 15) is 23.1 Å². The van der Waals surface area contributed by atoms with Crippen molar-refractivity contribution in [3.8, 4) is 11.4 Å². The SMILES string of the molecule is COC(=O)CCc1cc(-n2nc3ccc(C(F)(F)F)cc3n2)c(O)c(C(C)(C)C)c1. The van der Waals surface area contributed by atoms with Gasteiger partial charge in [0.2, 0.25) is 0 Å². The molecule has 3 rings (SSSR count). The monoisotopic (exact) mass is 421 g/mol. The van der Waals surface area contributed by atoms with Crippen LogP contribution in [0.3, 0.4) is 0 Å². The summed E-state index contributed by atoms with van der Waals surface area (Å²) in [4.78, 5) is 12.6. The number of phenolic OH excluding ortho intramolecular Hbond substituents is 1. The van der Waals surface area contributed by atoms with Crippen molar-refractivity contribution in [2.24, 2.45) is 0 Å². The Hall–Kier alpha value is -3.10. The smallest absolute Gasteiger partial charge is 0.416 e. The minimum absolute atomic E-state index is 0.0569. The van der Waals surface area contributed by atoms with Gasteiger partial charge in [0.25, 0.3) is 0 Å². The summed E-state index contributed by atoms with van der Waals surface area (Å²) in [7, 11) is 1.31. The summed E-state index contributed by atoms with van der Waals surface area (Å²) in [5, 5.41) is 19.2. The molecule has 2 aromatic carbocycles. The number of phenols is 1. The van der Waals surface area contributed by atoms with Crippen LogP contribution in [-0.4, -0.2) is 33.2 Å². The van der Waals surface area contributed by atoms with E-state index < -0.39 is 17.2 Å². The van der Waals surface area contributed by atoms with Gasteiger partial charge in [0.15, 0.2) is 0 Å². The quantitative estimate of drug-likeness (QED) is 0.626. The Morgan fingerprint density at radius 1 is 1.10 bits per heavy atom. The topological polar surface area (TPSA) is 77.2 Å². The van der Waals surface area contributed by atoms with Gasteiger partial charge in [-0.15, -0.1) is 15.0 Å². The minimum Gasteiger partial charge on any atom is -0.505 e. The van der Waals surface area contributed by atoms with Crippen molar-refractivity contribution < 1.29 is 27.8 Å². The fraction of sp³-hybridized carbons (Fsp3) is 0.381. The Balaban J connectivity index is 2.12. The average molecular weight is 421 g/mol. The van der Waals surface area contributed by atoms with Gasteiger partial charge in [-0.25, -0.2) is 0 Å². The zero-order chi connectivity index (χ0) is 22.3. The van der Waals surface area contributed by atoms with Crippen LogP contribution in [0.4, 0.5) is 13.2 Å². The minimum atomic E-state index is -4.49. The lowest BCUT2D eigenvalue weighted by Crippen LogP contribution is -2.14. The van der Waals surface area contributed by atoms with E-state index in [0.29, 0.717) is 12.0 Å². The molecule has 0 atom stereocenters. The van der Waals surface area contributed by atoms with E-state index in [0.717, 1.165) is 22.5 Å². The number of carbonyl (C=O) groups excluding carboxylic acids is 1. The molecule has 0 unspecified atom stereocenters. The van der Waals surface area contributed by atoms with Crippen LogP contribution in [0.1, 0.15) is 43.9 Å². The van der Waals surface area contributed by atoms with Crippen LogP contribution in [0, 0.1) is 0 Å². The first-order valence-corrected chi connectivity index (χ1v) is 9.28. The number of aryl methyl sites for hydroxylation is 1. The van der Waals surface area contributed by atoms with Crippen LogP contribution in [0.2, 0.25) is 0 Å². The largest absolute Gasteiger partial charge is 0.505 e. The van der Waals surface area contributed by atoms with E-state index in [4.69, 9.17) is 0 Å². The highest BCUT2D eigenvalue weighted by Gasteiger charge is 2.31. The number of rotatable bonds is 4. The highest BCUT2D eigenvalue weighted by Crippen LogP contribution is 2.37. The summed E-state index contributed by atoms with van der Waals surface area (Å²) in [6.07, 6.45) is -3.98. The maximum Gasteiger partial charge on any atom is 0.416 e. The van der Waals surface area contributed by atoms with E-state index >= 15 is 0 Å². The number of methoxy groups -OCH3 is 1. The lowest BCUT2D eigenvalue weighted by atomic mass is 9.84. The molecule has 0 saturated heterocycles. The van der Waals surface area contributed by atoms with Crippen LogP contribution in [-0.2, 0) is 27.5 Å². The number of alkyl halides is 3. The molecule has 1 N–H and O–H groups in total. The number of hydrogen-bond donors (Lipinski definition) is 1. The van der Waals surface area contributed by atoms with Gasteiger partial charge in [-0.05, 0) is 41.7 Å². The molecule has 1 heterocycles. The normalized spacial score (nSPS) is 12.4. The number of benzene rings is 2. The highest BCUT2D eigenvalue weighted by molar-refractivity contribution is 5.75. The van der Waals surface area contributed by atoms with Crippen molar-refractivity contribution in [3.63, 3.8) is 0 Å². The number of nitrogens with zero attached hydrogens (tertiary/aromatic N) is 3. The van der Waals surface area contributed by atoms with Crippen molar-refractivity contribution in [2.45, 2.75) is 45.2 Å². The van der Waals surface area contributed by atoms with Crippen molar-refractivity contribution in [1.82, 2.24) is 15.0 Å². The first kappa shape index (κ1) is 21.6. The number of fused-ring (bicyclic) bond motifs is 1. The van der Waals surface area contributed by atoms with Gasteiger partial charge in [0.1, 0.15) is 22.5 Å². The summed E-state index contributed by atoms with van der Waals surface area (Å²) in [6.45, 7) is 5.75. The van der Waals surface area contributed by atoms with E-state index in [1.54, 1.807) is 12.1 Å². The zero-order valence-corrected chi connectivity index (χ0v) is 17.0. The molecule has 0 fully saturated rings. The van der Waals surface area contributed by atoms with Crippen LogP contribution in [0.5, 0.6) is 5.75 Å². The maximum absolute atomic E-state index is 13.0. The molecule has 0 aliphatic rings. The fourth-order valence-corrected chi connectivity index (χ4v) is 3.09. The Morgan fingerprint density at radius 2 is 1.77 bits per heavy atom. The number of hydrogen-bond acceptors (Lipinski definition) is 5. The Morgan fingerprint density at radius 3 is 2.37 bits per heavy atom. The summed E-state index contributed by atoms with van der Waals surface area (Å²) in [6, 6.07) is 6.52. The predicted molar refractivity (Wildman–Crippen MR) is 105 cm³/mol. The second-order valence-corrected chi connectivity index (χ2v) is 8.03. The molecule has 0 radical (unpaired) electrons. The van der Waals surface area contributed by atoms with Gasteiger partial charge in [-0.3, -0.25) is 4.79 Å². The molecule has 0 aliphatic heterocycles. The average Bonchev–Trinajstić information content (AvgIpc) is 3.08. The van der Waals surface area contributed by atoms with Crippen molar-refractivity contribution in [3.05, 3.63) is 47.0 Å². The van der Waals surface area contributed by atoms with E-state index in [1.165, 1.54) is 13.2 Å². The van der Waals surface area contributed by atoms with Gasteiger partial charge in [0, 0.05) is 12.0 Å². The number of aromatic hydroxyl groups is 1. The summed E-state index contributed by atoms with van der Waals surface area (Å²) in [5.74, 6) is -0.440. The third-order valence-corrected chi connectivity index (χ3v) is 4.73. The lowest BCUT2D eigenvalue weighted by Gasteiger charge is -2.23. The van der Waals surface area contributed by atoms with E-state index in [1.807, 2.05) is 20.8 Å². The summed E-state index contributed by atoms with van der Waals surface area (Å²) < 4.78 is 43.7. The maximum atomic E-state index is 13.0. The molecule has 0 spiro atoms. The third-order valence-electron chi connectivity index (χ3n) is 4.73. The zero-order valence-electron chi connectivity index (χ0n) is 17.0. The molecule has 6 nitrogen and oxygen atoms in total. The first-order valence-electron chi connectivity index (χ1n) is 9.28. The predicted octanol–water partition coefficient (Wildman–Crippen LogP) is 4.55. The van der Waals surface area contributed by atoms with Gasteiger partial charge in [0.05, 0.1) is 12.7 Å². The first-order chi connectivity index (χ1) is 13.9.